The number of hydrogen-bond donors (Lipinski definition) is 1. The fourth-order valence-electron chi connectivity index (χ4n) is 1.21. The second kappa shape index (κ2) is 4.09. The van der Waals surface area contributed by atoms with E-state index in [4.69, 9.17) is 0 Å². The number of hydrogen-bond acceptors (Lipinski definition) is 2. The van der Waals surface area contributed by atoms with Gasteiger partial charge in [0.2, 0.25) is 0 Å². The van der Waals surface area contributed by atoms with Crippen molar-refractivity contribution in [2.24, 2.45) is 0 Å². The molecule has 1 aliphatic carbocycles. The average Bonchev–Trinajstić information content (AvgIpc) is 3.03. The topological polar surface area (TPSA) is 29.1 Å². The van der Waals surface area contributed by atoms with E-state index in [1.54, 1.807) is 12.3 Å². The van der Waals surface area contributed by atoms with Crippen LogP contribution in [-0.2, 0) is 0 Å². The molecule has 0 aromatic heterocycles. The van der Waals surface area contributed by atoms with Gasteiger partial charge in [-0.2, -0.15) is 0 Å². The van der Waals surface area contributed by atoms with Crippen molar-refractivity contribution in [3.8, 4) is 0 Å². The lowest BCUT2D eigenvalue weighted by Crippen LogP contribution is -2.07. The van der Waals surface area contributed by atoms with Crippen molar-refractivity contribution in [1.29, 1.82) is 0 Å². The van der Waals surface area contributed by atoms with Crippen molar-refractivity contribution in [1.82, 2.24) is 5.32 Å². The molecule has 0 saturated heterocycles. The van der Waals surface area contributed by atoms with Gasteiger partial charge in [-0.1, -0.05) is 30.3 Å². The molecule has 1 fully saturated rings. The number of carbonyl (C=O) groups excluding carboxylic acids is 1. The Labute approximate surface area is 83.6 Å². The van der Waals surface area contributed by atoms with Crippen LogP contribution in [0.5, 0.6) is 0 Å². The van der Waals surface area contributed by atoms with Crippen LogP contribution in [0.3, 0.4) is 0 Å². The van der Waals surface area contributed by atoms with Crippen molar-refractivity contribution < 1.29 is 4.79 Å². The maximum Gasteiger partial charge on any atom is 0.187 e. The van der Waals surface area contributed by atoms with Crippen molar-refractivity contribution in [2.45, 2.75) is 18.9 Å². The molecule has 0 bridgehead atoms. The maximum absolute atomic E-state index is 11.5. The summed E-state index contributed by atoms with van der Waals surface area (Å²) in [5.41, 5.74) is 0.737. The monoisotopic (exact) mass is 187 g/mol. The largest absolute Gasteiger partial charge is 0.388 e. The number of nitrogens with one attached hydrogen (secondary N) is 1. The van der Waals surface area contributed by atoms with Gasteiger partial charge >= 0.3 is 0 Å². The zero-order valence-electron chi connectivity index (χ0n) is 7.94. The van der Waals surface area contributed by atoms with E-state index in [9.17, 15) is 4.79 Å². The van der Waals surface area contributed by atoms with Crippen LogP contribution in [0.25, 0.3) is 0 Å². The molecule has 0 aliphatic heterocycles. The standard InChI is InChI=1S/C12H13NO/c14-12(8-9-13-11-6-7-11)10-4-2-1-3-5-10/h1-5,8-9,11,13H,6-7H2/b9-8-. The van der Waals surface area contributed by atoms with Crippen LogP contribution < -0.4 is 5.32 Å². The first-order chi connectivity index (χ1) is 6.86. The van der Waals surface area contributed by atoms with E-state index in [0.29, 0.717) is 6.04 Å². The highest BCUT2D eigenvalue weighted by molar-refractivity contribution is 6.04. The molecule has 2 heteroatoms. The predicted octanol–water partition coefficient (Wildman–Crippen LogP) is 2.13. The molecule has 0 unspecified atom stereocenters. The molecule has 1 aromatic rings. The van der Waals surface area contributed by atoms with E-state index in [-0.39, 0.29) is 5.78 Å². The molecule has 0 amide bonds. The van der Waals surface area contributed by atoms with Gasteiger partial charge in [0.05, 0.1) is 0 Å². The normalized spacial score (nSPS) is 15.7. The summed E-state index contributed by atoms with van der Waals surface area (Å²) in [5.74, 6) is 0.0544. The fourth-order valence-corrected chi connectivity index (χ4v) is 1.21. The zero-order valence-corrected chi connectivity index (χ0v) is 7.94. The lowest BCUT2D eigenvalue weighted by Gasteiger charge is -1.95. The molecule has 0 radical (unpaired) electrons. The summed E-state index contributed by atoms with van der Waals surface area (Å²) in [6, 6.07) is 9.90. The van der Waals surface area contributed by atoms with Gasteiger partial charge in [-0.15, -0.1) is 0 Å². The maximum atomic E-state index is 11.5. The molecule has 0 heterocycles. The summed E-state index contributed by atoms with van der Waals surface area (Å²) in [6.45, 7) is 0. The highest BCUT2D eigenvalue weighted by Gasteiger charge is 2.18. The van der Waals surface area contributed by atoms with Gasteiger partial charge in [0.1, 0.15) is 0 Å². The Morgan fingerprint density at radius 3 is 2.64 bits per heavy atom. The summed E-state index contributed by atoms with van der Waals surface area (Å²) in [5, 5.41) is 3.16. The molecule has 1 saturated carbocycles. The Hall–Kier alpha value is -1.57. The minimum absolute atomic E-state index is 0.0544. The van der Waals surface area contributed by atoms with E-state index < -0.39 is 0 Å². The number of benzene rings is 1. The first kappa shape index (κ1) is 9.00. The molecular formula is C12H13NO. The van der Waals surface area contributed by atoms with E-state index >= 15 is 0 Å². The average molecular weight is 187 g/mol. The van der Waals surface area contributed by atoms with Crippen LogP contribution >= 0.6 is 0 Å². The van der Waals surface area contributed by atoms with Crippen LogP contribution in [0.4, 0.5) is 0 Å². The van der Waals surface area contributed by atoms with Crippen molar-refractivity contribution >= 4 is 5.78 Å². The van der Waals surface area contributed by atoms with Gasteiger partial charge in [0, 0.05) is 23.9 Å². The lowest BCUT2D eigenvalue weighted by molar-refractivity contribution is 0.104. The fraction of sp³-hybridized carbons (Fsp3) is 0.250. The van der Waals surface area contributed by atoms with Crippen molar-refractivity contribution in [3.05, 3.63) is 48.2 Å². The molecule has 0 atom stereocenters. The molecule has 1 N–H and O–H groups in total. The number of ketones is 1. The van der Waals surface area contributed by atoms with Gasteiger partial charge in [-0.3, -0.25) is 4.79 Å². The molecule has 0 spiro atoms. The Morgan fingerprint density at radius 1 is 1.29 bits per heavy atom. The van der Waals surface area contributed by atoms with Crippen LogP contribution in [0.15, 0.2) is 42.6 Å². The van der Waals surface area contributed by atoms with E-state index in [1.807, 2.05) is 30.3 Å². The molecular weight excluding hydrogens is 174 g/mol. The molecule has 1 aromatic carbocycles. The summed E-state index contributed by atoms with van der Waals surface area (Å²) in [4.78, 5) is 11.5. The van der Waals surface area contributed by atoms with Gasteiger partial charge in [0.25, 0.3) is 0 Å². The van der Waals surface area contributed by atoms with Crippen molar-refractivity contribution in [2.75, 3.05) is 0 Å². The SMILES string of the molecule is O=C(/C=C\NC1CC1)c1ccccc1. The first-order valence-corrected chi connectivity index (χ1v) is 4.88. The second-order valence-corrected chi connectivity index (χ2v) is 3.50. The molecule has 72 valence electrons. The quantitative estimate of drug-likeness (QED) is 0.578. The summed E-state index contributed by atoms with van der Waals surface area (Å²) >= 11 is 0. The van der Waals surface area contributed by atoms with Crippen molar-refractivity contribution in [3.63, 3.8) is 0 Å². The summed E-state index contributed by atoms with van der Waals surface area (Å²) < 4.78 is 0. The molecule has 2 rings (SSSR count). The third-order valence-corrected chi connectivity index (χ3v) is 2.20. The first-order valence-electron chi connectivity index (χ1n) is 4.88. The summed E-state index contributed by atoms with van der Waals surface area (Å²) in [7, 11) is 0. The molecule has 2 nitrogen and oxygen atoms in total. The van der Waals surface area contributed by atoms with Crippen LogP contribution in [0.1, 0.15) is 23.2 Å². The van der Waals surface area contributed by atoms with Crippen LogP contribution in [0.2, 0.25) is 0 Å². The Bertz CT molecular complexity index is 339. The number of rotatable bonds is 4. The van der Waals surface area contributed by atoms with E-state index in [2.05, 4.69) is 5.32 Å². The third-order valence-electron chi connectivity index (χ3n) is 2.20. The highest BCUT2D eigenvalue weighted by Crippen LogP contribution is 2.18. The second-order valence-electron chi connectivity index (χ2n) is 3.50. The third kappa shape index (κ3) is 2.46. The Balaban J connectivity index is 1.91. The number of carbonyl (C=O) groups is 1. The Morgan fingerprint density at radius 2 is 2.00 bits per heavy atom. The van der Waals surface area contributed by atoms with E-state index in [1.165, 1.54) is 12.8 Å². The van der Waals surface area contributed by atoms with Gasteiger partial charge < -0.3 is 5.32 Å². The Kier molecular flexibility index (Phi) is 2.63. The van der Waals surface area contributed by atoms with Crippen LogP contribution in [-0.4, -0.2) is 11.8 Å². The van der Waals surface area contributed by atoms with Crippen LogP contribution in [0, 0.1) is 0 Å². The van der Waals surface area contributed by atoms with E-state index in [0.717, 1.165) is 5.56 Å². The molecule has 1 aliphatic rings. The minimum atomic E-state index is 0.0544. The predicted molar refractivity (Wildman–Crippen MR) is 56.1 cm³/mol. The highest BCUT2D eigenvalue weighted by atomic mass is 16.1. The van der Waals surface area contributed by atoms with Gasteiger partial charge in [-0.25, -0.2) is 0 Å². The number of allylic oxidation sites excluding steroid dienone is 1. The summed E-state index contributed by atoms with van der Waals surface area (Å²) in [6.07, 6.45) is 5.80. The lowest BCUT2D eigenvalue weighted by atomic mass is 10.1. The smallest absolute Gasteiger partial charge is 0.187 e. The molecule has 14 heavy (non-hydrogen) atoms. The van der Waals surface area contributed by atoms with Gasteiger partial charge in [-0.05, 0) is 12.8 Å². The minimum Gasteiger partial charge on any atom is -0.388 e. The van der Waals surface area contributed by atoms with Gasteiger partial charge in [0.15, 0.2) is 5.78 Å². The zero-order chi connectivity index (χ0) is 9.80.